The monoisotopic (exact) mass is 320 g/mol. The van der Waals surface area contributed by atoms with Crippen molar-refractivity contribution in [3.63, 3.8) is 0 Å². The van der Waals surface area contributed by atoms with Crippen molar-refractivity contribution < 1.29 is 0 Å². The topological polar surface area (TPSA) is 0 Å². The zero-order valence-corrected chi connectivity index (χ0v) is 14.7. The van der Waals surface area contributed by atoms with Gasteiger partial charge in [0.25, 0.3) is 0 Å². The molecule has 0 unspecified atom stereocenters. The number of unbranched alkanes of at least 4 members (excludes halogenated alkanes) is 5. The predicted octanol–water partition coefficient (Wildman–Crippen LogP) is 6.28. The minimum absolute atomic E-state index is 0.880. The number of hydrogen-bond acceptors (Lipinski definition) is 1. The van der Waals surface area contributed by atoms with Crippen LogP contribution in [0.15, 0.2) is 30.3 Å². The van der Waals surface area contributed by atoms with E-state index < -0.39 is 0 Å². The Morgan fingerprint density at radius 3 is 2.43 bits per heavy atom. The van der Waals surface area contributed by atoms with Crippen LogP contribution in [0.4, 0.5) is 0 Å². The number of hydrogen-bond donors (Lipinski definition) is 0. The van der Waals surface area contributed by atoms with E-state index in [1.165, 1.54) is 48.3 Å². The van der Waals surface area contributed by atoms with E-state index in [1.807, 2.05) is 29.5 Å². The molecule has 1 aromatic heterocycles. The van der Waals surface area contributed by atoms with Crippen molar-refractivity contribution in [3.8, 4) is 35.1 Å². The van der Waals surface area contributed by atoms with Crippen molar-refractivity contribution in [2.75, 3.05) is 0 Å². The van der Waals surface area contributed by atoms with Crippen LogP contribution in [-0.2, 0) is 6.42 Å². The molecule has 0 amide bonds. The minimum Gasteiger partial charge on any atom is -0.140 e. The third-order valence-corrected chi connectivity index (χ3v) is 5.22. The van der Waals surface area contributed by atoms with Gasteiger partial charge in [-0.15, -0.1) is 24.2 Å². The molecule has 0 saturated heterocycles. The fourth-order valence-corrected chi connectivity index (χ4v) is 3.78. The van der Waals surface area contributed by atoms with Gasteiger partial charge in [-0.3, -0.25) is 0 Å². The quantitative estimate of drug-likeness (QED) is 0.396. The lowest BCUT2D eigenvalue weighted by Gasteiger charge is -2.03. The normalized spacial score (nSPS) is 10.2. The summed E-state index contributed by atoms with van der Waals surface area (Å²) in [4.78, 5) is 2.65. The van der Waals surface area contributed by atoms with Crippen molar-refractivity contribution in [2.24, 2.45) is 0 Å². The molecule has 2 rings (SSSR count). The van der Waals surface area contributed by atoms with Crippen LogP contribution in [0.25, 0.3) is 10.4 Å². The Hall–Kier alpha value is -1.96. The summed E-state index contributed by atoms with van der Waals surface area (Å²) in [5, 5.41) is 0. The second-order valence-electron chi connectivity index (χ2n) is 5.83. The van der Waals surface area contributed by atoms with Gasteiger partial charge in [-0.2, -0.15) is 0 Å². The molecule has 0 N–H and O–H groups in total. The fourth-order valence-electron chi connectivity index (χ4n) is 2.70. The molecular weight excluding hydrogens is 296 g/mol. The first-order valence-electron chi connectivity index (χ1n) is 8.44. The highest BCUT2D eigenvalue weighted by Gasteiger charge is 2.08. The molecule has 118 valence electrons. The number of thiophene rings is 1. The van der Waals surface area contributed by atoms with Gasteiger partial charge < -0.3 is 0 Å². The molecule has 0 nitrogen and oxygen atoms in total. The first-order chi connectivity index (χ1) is 11.3. The van der Waals surface area contributed by atoms with Gasteiger partial charge in [0.1, 0.15) is 0 Å². The van der Waals surface area contributed by atoms with Gasteiger partial charge in [-0.25, -0.2) is 0 Å². The lowest BCUT2D eigenvalue weighted by atomic mass is 10.0. The first kappa shape index (κ1) is 17.4. The molecule has 0 aliphatic carbocycles. The number of benzene rings is 1. The molecule has 2 aromatic rings. The molecule has 1 aromatic carbocycles. The van der Waals surface area contributed by atoms with Crippen molar-refractivity contribution in [3.05, 3.63) is 46.3 Å². The first-order valence-corrected chi connectivity index (χ1v) is 9.26. The van der Waals surface area contributed by atoms with Gasteiger partial charge in [0.15, 0.2) is 0 Å². The van der Waals surface area contributed by atoms with E-state index in [0.29, 0.717) is 0 Å². The van der Waals surface area contributed by atoms with Crippen LogP contribution in [0.1, 0.15) is 61.5 Å². The second kappa shape index (κ2) is 9.24. The highest BCUT2D eigenvalue weighted by atomic mass is 32.1. The van der Waals surface area contributed by atoms with Crippen LogP contribution in [0, 0.1) is 24.7 Å². The van der Waals surface area contributed by atoms with Gasteiger partial charge in [-0.1, -0.05) is 50.9 Å². The summed E-state index contributed by atoms with van der Waals surface area (Å²) in [6.45, 7) is 2.26. The highest BCUT2D eigenvalue weighted by molar-refractivity contribution is 7.15. The van der Waals surface area contributed by atoms with Crippen LogP contribution >= 0.6 is 11.3 Å². The average Bonchev–Trinajstić information content (AvgIpc) is 3.06. The smallest absolute Gasteiger partial charge is 0.0358 e. The van der Waals surface area contributed by atoms with Crippen LogP contribution in [0.2, 0.25) is 0 Å². The summed E-state index contributed by atoms with van der Waals surface area (Å²) in [5.41, 5.74) is 2.88. The molecule has 0 aliphatic rings. The molecule has 0 atom stereocenters. The summed E-state index contributed by atoms with van der Waals surface area (Å²) in [6.07, 6.45) is 20.3. The number of rotatable bonds is 8. The van der Waals surface area contributed by atoms with Gasteiger partial charge >= 0.3 is 0 Å². The molecule has 23 heavy (non-hydrogen) atoms. The van der Waals surface area contributed by atoms with Crippen LogP contribution in [-0.4, -0.2) is 0 Å². The van der Waals surface area contributed by atoms with E-state index in [1.54, 1.807) is 0 Å². The molecular formula is C22H24S. The Bertz CT molecular complexity index is 706. The third-order valence-electron chi connectivity index (χ3n) is 4.05. The molecule has 1 heteroatoms. The summed E-state index contributed by atoms with van der Waals surface area (Å²) >= 11 is 1.84. The predicted molar refractivity (Wildman–Crippen MR) is 103 cm³/mol. The van der Waals surface area contributed by atoms with Crippen LogP contribution in [0.5, 0.6) is 0 Å². The second-order valence-corrected chi connectivity index (χ2v) is 7.00. The standard InChI is InChI=1S/C22H24S/c1-4-7-8-9-10-11-12-20-15-16-22(23-20)21-17-18(5-2)13-14-19(21)6-3/h2-3,13-17H,4,7-12H2,1H3. The van der Waals surface area contributed by atoms with E-state index in [-0.39, 0.29) is 0 Å². The molecule has 0 fully saturated rings. The highest BCUT2D eigenvalue weighted by Crippen LogP contribution is 2.32. The average molecular weight is 321 g/mol. The van der Waals surface area contributed by atoms with Crippen molar-refractivity contribution in [1.29, 1.82) is 0 Å². The Morgan fingerprint density at radius 2 is 1.70 bits per heavy atom. The maximum Gasteiger partial charge on any atom is 0.0358 e. The van der Waals surface area contributed by atoms with E-state index in [4.69, 9.17) is 12.8 Å². The van der Waals surface area contributed by atoms with Crippen LogP contribution in [0.3, 0.4) is 0 Å². The summed E-state index contributed by atoms with van der Waals surface area (Å²) in [6, 6.07) is 10.3. The Balaban J connectivity index is 2.00. The van der Waals surface area contributed by atoms with Crippen molar-refractivity contribution in [2.45, 2.75) is 51.9 Å². The maximum absolute atomic E-state index is 5.63. The maximum atomic E-state index is 5.63. The summed E-state index contributed by atoms with van der Waals surface area (Å²) in [5.74, 6) is 5.45. The third kappa shape index (κ3) is 5.02. The Kier molecular flexibility index (Phi) is 6.99. The van der Waals surface area contributed by atoms with Crippen molar-refractivity contribution >= 4 is 11.3 Å². The largest absolute Gasteiger partial charge is 0.140 e. The summed E-state index contributed by atoms with van der Waals surface area (Å²) in [7, 11) is 0. The molecule has 0 bridgehead atoms. The molecule has 0 saturated carbocycles. The van der Waals surface area contributed by atoms with Crippen LogP contribution < -0.4 is 0 Å². The number of terminal acetylenes is 2. The molecule has 1 heterocycles. The summed E-state index contributed by atoms with van der Waals surface area (Å²) < 4.78 is 0. The number of aryl methyl sites for hydroxylation is 1. The minimum atomic E-state index is 0.880. The Labute approximate surface area is 145 Å². The zero-order valence-electron chi connectivity index (χ0n) is 13.9. The molecule has 0 aliphatic heterocycles. The van der Waals surface area contributed by atoms with E-state index in [0.717, 1.165) is 23.1 Å². The van der Waals surface area contributed by atoms with Gasteiger partial charge in [-0.05, 0) is 43.2 Å². The lowest BCUT2D eigenvalue weighted by Crippen LogP contribution is -1.84. The Morgan fingerprint density at radius 1 is 0.913 bits per heavy atom. The van der Waals surface area contributed by atoms with E-state index in [9.17, 15) is 0 Å². The van der Waals surface area contributed by atoms with E-state index >= 15 is 0 Å². The molecule has 0 radical (unpaired) electrons. The van der Waals surface area contributed by atoms with Gasteiger partial charge in [0.2, 0.25) is 0 Å². The zero-order chi connectivity index (χ0) is 16.5. The van der Waals surface area contributed by atoms with E-state index in [2.05, 4.69) is 30.9 Å². The van der Waals surface area contributed by atoms with Gasteiger partial charge in [0, 0.05) is 26.4 Å². The molecule has 0 spiro atoms. The fraction of sp³-hybridized carbons (Fsp3) is 0.364. The SMILES string of the molecule is C#Cc1ccc(C#C)c(-c2ccc(CCCCCCCC)s2)c1. The van der Waals surface area contributed by atoms with Gasteiger partial charge in [0.05, 0.1) is 0 Å². The van der Waals surface area contributed by atoms with Crippen molar-refractivity contribution in [1.82, 2.24) is 0 Å². The lowest BCUT2D eigenvalue weighted by molar-refractivity contribution is 0.609.